The van der Waals surface area contributed by atoms with Crippen molar-refractivity contribution in [3.05, 3.63) is 18.2 Å². The highest BCUT2D eigenvalue weighted by atomic mass is 32.2. The van der Waals surface area contributed by atoms with Gasteiger partial charge in [0.05, 0.1) is 24.0 Å². The third-order valence-electron chi connectivity index (χ3n) is 2.50. The van der Waals surface area contributed by atoms with Gasteiger partial charge < -0.3 is 15.5 Å². The first-order valence-electron chi connectivity index (χ1n) is 5.68. The van der Waals surface area contributed by atoms with Crippen LogP contribution in [-0.4, -0.2) is 28.7 Å². The minimum absolute atomic E-state index is 0.241. The second-order valence-corrected chi connectivity index (χ2v) is 4.99. The van der Waals surface area contributed by atoms with E-state index in [1.54, 1.807) is 18.9 Å². The lowest BCUT2D eigenvalue weighted by Gasteiger charge is -1.97. The molecule has 1 aromatic carbocycles. The number of aromatic amines is 1. The number of nitrogens with zero attached hydrogens (tertiary/aromatic N) is 1. The minimum Gasteiger partial charge on any atom is -0.497 e. The maximum Gasteiger partial charge on any atom is 0.166 e. The molecule has 0 radical (unpaired) electrons. The molecule has 2 rings (SSSR count). The summed E-state index contributed by atoms with van der Waals surface area (Å²) in [6, 6.07) is 5.76. The number of aromatic nitrogens is 2. The van der Waals surface area contributed by atoms with E-state index in [4.69, 9.17) is 15.9 Å². The van der Waals surface area contributed by atoms with Crippen molar-refractivity contribution in [1.29, 1.82) is 5.41 Å². The van der Waals surface area contributed by atoms with Crippen LogP contribution in [-0.2, 0) is 0 Å². The summed E-state index contributed by atoms with van der Waals surface area (Å²) in [5, 5.41) is 8.03. The molecule has 0 bridgehead atoms. The molecule has 0 aliphatic heterocycles. The molecule has 0 aliphatic rings. The molecule has 18 heavy (non-hydrogen) atoms. The predicted molar refractivity (Wildman–Crippen MR) is 74.5 cm³/mol. The molecule has 0 fully saturated rings. The van der Waals surface area contributed by atoms with Gasteiger partial charge in [0.1, 0.15) is 5.75 Å². The van der Waals surface area contributed by atoms with Gasteiger partial charge in [-0.15, -0.1) is 0 Å². The van der Waals surface area contributed by atoms with Gasteiger partial charge in [-0.1, -0.05) is 11.8 Å². The molecule has 5 nitrogen and oxygen atoms in total. The van der Waals surface area contributed by atoms with E-state index in [1.807, 2.05) is 18.2 Å². The van der Waals surface area contributed by atoms with Crippen molar-refractivity contribution in [1.82, 2.24) is 9.97 Å². The van der Waals surface area contributed by atoms with E-state index in [0.717, 1.165) is 34.1 Å². The van der Waals surface area contributed by atoms with Crippen LogP contribution < -0.4 is 10.5 Å². The van der Waals surface area contributed by atoms with Crippen molar-refractivity contribution in [2.75, 3.05) is 12.9 Å². The zero-order valence-electron chi connectivity index (χ0n) is 10.2. The number of hydrogen-bond donors (Lipinski definition) is 3. The standard InChI is InChI=1S/C12H16N4OS/c1-17-8-4-5-9-10(7-8)16-12(15-9)18-6-2-3-11(13)14/h4-5,7H,2-3,6H2,1H3,(H3,13,14)(H,15,16). The van der Waals surface area contributed by atoms with Crippen molar-refractivity contribution in [2.24, 2.45) is 5.73 Å². The highest BCUT2D eigenvalue weighted by Crippen LogP contribution is 2.23. The van der Waals surface area contributed by atoms with Crippen molar-refractivity contribution in [3.63, 3.8) is 0 Å². The molecule has 1 heterocycles. The quantitative estimate of drug-likeness (QED) is 0.323. The first-order chi connectivity index (χ1) is 8.69. The molecule has 2 aromatic rings. The number of fused-ring (bicyclic) bond motifs is 1. The third-order valence-corrected chi connectivity index (χ3v) is 3.46. The number of H-pyrrole nitrogens is 1. The first kappa shape index (κ1) is 12.8. The largest absolute Gasteiger partial charge is 0.497 e. The molecule has 0 unspecified atom stereocenters. The number of hydrogen-bond acceptors (Lipinski definition) is 4. The Morgan fingerprint density at radius 2 is 2.39 bits per heavy atom. The van der Waals surface area contributed by atoms with Gasteiger partial charge in [-0.25, -0.2) is 4.98 Å². The highest BCUT2D eigenvalue weighted by molar-refractivity contribution is 7.99. The number of benzene rings is 1. The number of thioether (sulfide) groups is 1. The van der Waals surface area contributed by atoms with Gasteiger partial charge >= 0.3 is 0 Å². The normalized spacial score (nSPS) is 10.7. The van der Waals surface area contributed by atoms with Crippen molar-refractivity contribution in [3.8, 4) is 5.75 Å². The van der Waals surface area contributed by atoms with Crippen LogP contribution in [0.4, 0.5) is 0 Å². The SMILES string of the molecule is COc1ccc2nc(SCCCC(=N)N)[nH]c2c1. The van der Waals surface area contributed by atoms with Crippen molar-refractivity contribution >= 4 is 28.6 Å². The van der Waals surface area contributed by atoms with E-state index in [9.17, 15) is 0 Å². The van der Waals surface area contributed by atoms with E-state index in [2.05, 4.69) is 9.97 Å². The molecule has 4 N–H and O–H groups in total. The second-order valence-electron chi connectivity index (χ2n) is 3.90. The Morgan fingerprint density at radius 3 is 3.11 bits per heavy atom. The number of nitrogens with two attached hydrogens (primary N) is 1. The molecule has 6 heteroatoms. The number of ether oxygens (including phenoxy) is 1. The molecule has 0 saturated heterocycles. The van der Waals surface area contributed by atoms with Crippen molar-refractivity contribution < 1.29 is 4.74 Å². The number of amidine groups is 1. The fourth-order valence-corrected chi connectivity index (χ4v) is 2.42. The third kappa shape index (κ3) is 3.16. The monoisotopic (exact) mass is 264 g/mol. The van der Waals surface area contributed by atoms with Crippen LogP contribution in [0.3, 0.4) is 0 Å². The Hall–Kier alpha value is -1.69. The molecule has 0 atom stereocenters. The summed E-state index contributed by atoms with van der Waals surface area (Å²) in [6.45, 7) is 0. The lowest BCUT2D eigenvalue weighted by molar-refractivity contribution is 0.415. The molecule has 1 aromatic heterocycles. The summed E-state index contributed by atoms with van der Waals surface area (Å²) < 4.78 is 5.16. The zero-order valence-corrected chi connectivity index (χ0v) is 11.0. The zero-order chi connectivity index (χ0) is 13.0. The Bertz CT molecular complexity index is 552. The maximum atomic E-state index is 7.14. The van der Waals surface area contributed by atoms with Crippen molar-refractivity contribution in [2.45, 2.75) is 18.0 Å². The van der Waals surface area contributed by atoms with Crippen LogP contribution in [0.2, 0.25) is 0 Å². The van der Waals surface area contributed by atoms with E-state index >= 15 is 0 Å². The fourth-order valence-electron chi connectivity index (χ4n) is 1.59. The van der Waals surface area contributed by atoms with Crippen LogP contribution in [0.15, 0.2) is 23.4 Å². The van der Waals surface area contributed by atoms with Gasteiger partial charge in [-0.3, -0.25) is 5.41 Å². The summed E-state index contributed by atoms with van der Waals surface area (Å²) in [5.74, 6) is 1.96. The van der Waals surface area contributed by atoms with Gasteiger partial charge in [0.15, 0.2) is 5.16 Å². The highest BCUT2D eigenvalue weighted by Gasteiger charge is 2.04. The summed E-state index contributed by atoms with van der Waals surface area (Å²) in [7, 11) is 1.65. The lowest BCUT2D eigenvalue weighted by atomic mass is 10.3. The van der Waals surface area contributed by atoms with Crippen LogP contribution >= 0.6 is 11.8 Å². The maximum absolute atomic E-state index is 7.14. The smallest absolute Gasteiger partial charge is 0.166 e. The molecular weight excluding hydrogens is 248 g/mol. The van der Waals surface area contributed by atoms with Gasteiger partial charge in [0, 0.05) is 18.2 Å². The molecule has 0 spiro atoms. The second kappa shape index (κ2) is 5.77. The molecule has 0 amide bonds. The average molecular weight is 264 g/mol. The fraction of sp³-hybridized carbons (Fsp3) is 0.333. The Balaban J connectivity index is 1.99. The summed E-state index contributed by atoms with van der Waals surface area (Å²) in [6.07, 6.45) is 1.53. The van der Waals surface area contributed by atoms with E-state index in [0.29, 0.717) is 6.42 Å². The van der Waals surface area contributed by atoms with Gasteiger partial charge in [-0.2, -0.15) is 0 Å². The summed E-state index contributed by atoms with van der Waals surface area (Å²) in [4.78, 5) is 7.72. The van der Waals surface area contributed by atoms with Crippen LogP contribution in [0.25, 0.3) is 11.0 Å². The first-order valence-corrected chi connectivity index (χ1v) is 6.67. The average Bonchev–Trinajstić information content (AvgIpc) is 2.75. The predicted octanol–water partition coefficient (Wildman–Crippen LogP) is 2.38. The topological polar surface area (TPSA) is 87.8 Å². The summed E-state index contributed by atoms with van der Waals surface area (Å²) in [5.41, 5.74) is 7.21. The van der Waals surface area contributed by atoms with Gasteiger partial charge in [0.25, 0.3) is 0 Å². The van der Waals surface area contributed by atoms with Crippen LogP contribution in [0, 0.1) is 5.41 Å². The number of nitrogens with one attached hydrogen (secondary N) is 2. The van der Waals surface area contributed by atoms with Gasteiger partial charge in [0.2, 0.25) is 0 Å². The summed E-state index contributed by atoms with van der Waals surface area (Å²) >= 11 is 1.64. The molecular formula is C12H16N4OS. The van der Waals surface area contributed by atoms with Crippen LogP contribution in [0.5, 0.6) is 5.75 Å². The number of imidazole rings is 1. The van der Waals surface area contributed by atoms with E-state index in [-0.39, 0.29) is 5.84 Å². The Morgan fingerprint density at radius 1 is 1.56 bits per heavy atom. The molecule has 0 aliphatic carbocycles. The molecule has 0 saturated carbocycles. The lowest BCUT2D eigenvalue weighted by Crippen LogP contribution is -2.08. The molecule has 96 valence electrons. The minimum atomic E-state index is 0.241. The Labute approximate surface area is 110 Å². The van der Waals surface area contributed by atoms with Gasteiger partial charge in [-0.05, 0) is 18.6 Å². The van der Waals surface area contributed by atoms with Crippen LogP contribution in [0.1, 0.15) is 12.8 Å². The number of methoxy groups -OCH3 is 1. The van der Waals surface area contributed by atoms with E-state index < -0.39 is 0 Å². The van der Waals surface area contributed by atoms with E-state index in [1.165, 1.54) is 0 Å². The Kier molecular flexibility index (Phi) is 4.09. The number of rotatable bonds is 6.